The Bertz CT molecular complexity index is 799. The summed E-state index contributed by atoms with van der Waals surface area (Å²) < 4.78 is 1.54. The zero-order valence-corrected chi connectivity index (χ0v) is 11.4. The molecule has 0 saturated heterocycles. The Labute approximate surface area is 124 Å². The van der Waals surface area contributed by atoms with Crippen LogP contribution in [0.3, 0.4) is 0 Å². The lowest BCUT2D eigenvalue weighted by atomic mass is 10.1. The van der Waals surface area contributed by atoms with Crippen molar-refractivity contribution in [1.82, 2.24) is 15.0 Å². The summed E-state index contributed by atoms with van der Waals surface area (Å²) in [5.74, 6) is 0. The minimum Gasteiger partial charge on any atom is -0.258 e. The summed E-state index contributed by atoms with van der Waals surface area (Å²) in [5, 5.41) is 19.6. The van der Waals surface area contributed by atoms with Crippen molar-refractivity contribution in [2.24, 2.45) is 0 Å². The van der Waals surface area contributed by atoms with E-state index in [4.69, 9.17) is 11.6 Å². The van der Waals surface area contributed by atoms with E-state index in [-0.39, 0.29) is 5.69 Å². The first-order valence-electron chi connectivity index (χ1n) is 6.07. The summed E-state index contributed by atoms with van der Waals surface area (Å²) in [6.45, 7) is 0. The molecule has 0 unspecified atom stereocenters. The maximum absolute atomic E-state index is 11.1. The highest BCUT2D eigenvalue weighted by molar-refractivity contribution is 6.30. The second-order valence-corrected chi connectivity index (χ2v) is 4.72. The van der Waals surface area contributed by atoms with Crippen LogP contribution < -0.4 is 0 Å². The van der Waals surface area contributed by atoms with Crippen LogP contribution in [0.15, 0.2) is 54.7 Å². The van der Waals surface area contributed by atoms with Crippen LogP contribution in [-0.2, 0) is 0 Å². The second-order valence-electron chi connectivity index (χ2n) is 4.28. The van der Waals surface area contributed by atoms with E-state index in [1.54, 1.807) is 47.1 Å². The first-order valence-corrected chi connectivity index (χ1v) is 6.45. The molecule has 0 amide bonds. The lowest BCUT2D eigenvalue weighted by Crippen LogP contribution is -2.01. The van der Waals surface area contributed by atoms with Gasteiger partial charge in [0, 0.05) is 11.1 Å². The van der Waals surface area contributed by atoms with Crippen molar-refractivity contribution in [3.63, 3.8) is 0 Å². The Morgan fingerprint density at radius 2 is 1.81 bits per heavy atom. The highest BCUT2D eigenvalue weighted by Gasteiger charge is 2.18. The zero-order chi connectivity index (χ0) is 14.8. The molecule has 1 heterocycles. The summed E-state index contributed by atoms with van der Waals surface area (Å²) in [6, 6.07) is 13.5. The van der Waals surface area contributed by atoms with Crippen molar-refractivity contribution in [3.05, 3.63) is 69.9 Å². The van der Waals surface area contributed by atoms with E-state index in [1.807, 2.05) is 0 Å². The van der Waals surface area contributed by atoms with Gasteiger partial charge < -0.3 is 0 Å². The van der Waals surface area contributed by atoms with Crippen molar-refractivity contribution in [3.8, 4) is 16.9 Å². The Kier molecular flexibility index (Phi) is 3.37. The largest absolute Gasteiger partial charge is 0.278 e. The quantitative estimate of drug-likeness (QED) is 0.548. The summed E-state index contributed by atoms with van der Waals surface area (Å²) in [7, 11) is 0. The van der Waals surface area contributed by atoms with Crippen molar-refractivity contribution in [2.45, 2.75) is 0 Å². The first-order chi connectivity index (χ1) is 10.2. The summed E-state index contributed by atoms with van der Waals surface area (Å²) in [6.07, 6.45) is 1.50. The van der Waals surface area contributed by atoms with Gasteiger partial charge in [-0.05, 0) is 30.3 Å². The number of benzene rings is 2. The molecule has 0 saturated carbocycles. The normalized spacial score (nSPS) is 10.5. The van der Waals surface area contributed by atoms with E-state index >= 15 is 0 Å². The summed E-state index contributed by atoms with van der Waals surface area (Å²) in [5.41, 5.74) is 1.74. The Morgan fingerprint density at radius 3 is 2.52 bits per heavy atom. The van der Waals surface area contributed by atoms with E-state index < -0.39 is 4.92 Å². The highest BCUT2D eigenvalue weighted by atomic mass is 35.5. The van der Waals surface area contributed by atoms with E-state index in [2.05, 4.69) is 10.3 Å². The van der Waals surface area contributed by atoms with Gasteiger partial charge in [0.1, 0.15) is 5.69 Å². The molecule has 0 fully saturated rings. The number of aromatic nitrogens is 3. The molecule has 21 heavy (non-hydrogen) atoms. The van der Waals surface area contributed by atoms with Crippen LogP contribution in [0.4, 0.5) is 5.69 Å². The second kappa shape index (κ2) is 5.34. The maximum Gasteiger partial charge on any atom is 0.278 e. The van der Waals surface area contributed by atoms with E-state index in [0.717, 1.165) is 5.69 Å². The molecule has 7 heteroatoms. The van der Waals surface area contributed by atoms with Crippen LogP contribution in [0.2, 0.25) is 5.02 Å². The van der Waals surface area contributed by atoms with Gasteiger partial charge in [0.05, 0.1) is 22.4 Å². The van der Waals surface area contributed by atoms with Crippen LogP contribution in [0, 0.1) is 10.1 Å². The lowest BCUT2D eigenvalue weighted by Gasteiger charge is -2.06. The predicted molar refractivity (Wildman–Crippen MR) is 78.5 cm³/mol. The third-order valence-corrected chi connectivity index (χ3v) is 3.25. The van der Waals surface area contributed by atoms with Gasteiger partial charge in [0.15, 0.2) is 0 Å². The third-order valence-electron chi connectivity index (χ3n) is 3.00. The molecule has 0 spiro atoms. The number of nitrogens with zero attached hydrogens (tertiary/aromatic N) is 4. The number of para-hydroxylation sites is 1. The molecule has 0 radical (unpaired) electrons. The first kappa shape index (κ1) is 13.3. The molecule has 3 rings (SSSR count). The van der Waals surface area contributed by atoms with Gasteiger partial charge in [-0.15, -0.1) is 5.10 Å². The third kappa shape index (κ3) is 2.48. The monoisotopic (exact) mass is 300 g/mol. The van der Waals surface area contributed by atoms with Gasteiger partial charge in [0.2, 0.25) is 0 Å². The number of nitro groups is 1. The molecule has 1 aromatic heterocycles. The highest BCUT2D eigenvalue weighted by Crippen LogP contribution is 2.30. The topological polar surface area (TPSA) is 73.8 Å². The van der Waals surface area contributed by atoms with Crippen LogP contribution in [0.5, 0.6) is 0 Å². The maximum atomic E-state index is 11.1. The zero-order valence-electron chi connectivity index (χ0n) is 10.7. The molecule has 2 aromatic carbocycles. The number of halogens is 1. The van der Waals surface area contributed by atoms with E-state index in [1.165, 1.54) is 12.3 Å². The molecule has 104 valence electrons. The van der Waals surface area contributed by atoms with Crippen molar-refractivity contribution < 1.29 is 4.92 Å². The molecule has 0 aliphatic carbocycles. The van der Waals surface area contributed by atoms with Crippen LogP contribution >= 0.6 is 11.6 Å². The smallest absolute Gasteiger partial charge is 0.258 e. The SMILES string of the molecule is O=[N+]([O-])c1ccccc1-c1cnnn1-c1ccc(Cl)cc1. The summed E-state index contributed by atoms with van der Waals surface area (Å²) in [4.78, 5) is 10.7. The van der Waals surface area contributed by atoms with Gasteiger partial charge in [-0.25, -0.2) is 4.68 Å². The number of nitro benzene ring substituents is 1. The standard InChI is InChI=1S/C14H9ClN4O2/c15-10-5-7-11(8-6-10)18-14(9-16-17-18)12-3-1-2-4-13(12)19(20)21/h1-9H. The number of rotatable bonds is 3. The van der Waals surface area contributed by atoms with Gasteiger partial charge in [-0.3, -0.25) is 10.1 Å². The Balaban J connectivity index is 2.16. The minimum absolute atomic E-state index is 0.00927. The fourth-order valence-corrected chi connectivity index (χ4v) is 2.17. The fourth-order valence-electron chi connectivity index (χ4n) is 2.04. The number of hydrogen-bond donors (Lipinski definition) is 0. The van der Waals surface area contributed by atoms with E-state index in [0.29, 0.717) is 16.3 Å². The molecular formula is C14H9ClN4O2. The van der Waals surface area contributed by atoms with Gasteiger partial charge in [0.25, 0.3) is 5.69 Å². The average molecular weight is 301 g/mol. The van der Waals surface area contributed by atoms with Crippen LogP contribution in [0.1, 0.15) is 0 Å². The molecule has 0 aliphatic heterocycles. The molecule has 0 aliphatic rings. The van der Waals surface area contributed by atoms with E-state index in [9.17, 15) is 10.1 Å². The average Bonchev–Trinajstić information content (AvgIpc) is 2.97. The molecular weight excluding hydrogens is 292 g/mol. The van der Waals surface area contributed by atoms with Gasteiger partial charge in [-0.2, -0.15) is 0 Å². The lowest BCUT2D eigenvalue weighted by molar-refractivity contribution is -0.384. The predicted octanol–water partition coefficient (Wildman–Crippen LogP) is 3.50. The molecule has 0 bridgehead atoms. The molecule has 0 atom stereocenters. The minimum atomic E-state index is -0.422. The Hall–Kier alpha value is -2.73. The van der Waals surface area contributed by atoms with Gasteiger partial charge >= 0.3 is 0 Å². The number of hydrogen-bond acceptors (Lipinski definition) is 4. The molecule has 3 aromatic rings. The fraction of sp³-hybridized carbons (Fsp3) is 0. The van der Waals surface area contributed by atoms with Crippen LogP contribution in [-0.4, -0.2) is 19.9 Å². The van der Waals surface area contributed by atoms with Crippen molar-refractivity contribution in [2.75, 3.05) is 0 Å². The molecule has 0 N–H and O–H groups in total. The van der Waals surface area contributed by atoms with Crippen LogP contribution in [0.25, 0.3) is 16.9 Å². The van der Waals surface area contributed by atoms with Crippen molar-refractivity contribution in [1.29, 1.82) is 0 Å². The Morgan fingerprint density at radius 1 is 1.10 bits per heavy atom. The van der Waals surface area contributed by atoms with Gasteiger partial charge in [-0.1, -0.05) is 28.9 Å². The molecule has 6 nitrogen and oxygen atoms in total. The summed E-state index contributed by atoms with van der Waals surface area (Å²) >= 11 is 5.86. The van der Waals surface area contributed by atoms with Crippen molar-refractivity contribution >= 4 is 17.3 Å².